The van der Waals surface area contributed by atoms with Gasteiger partial charge < -0.3 is 10.2 Å². The van der Waals surface area contributed by atoms with E-state index in [0.717, 1.165) is 43.9 Å². The van der Waals surface area contributed by atoms with E-state index in [2.05, 4.69) is 27.0 Å². The molecular weight excluding hydrogens is 331 g/mol. The molecule has 2 heterocycles. The van der Waals surface area contributed by atoms with Crippen LogP contribution in [0.4, 0.5) is 4.39 Å². The van der Waals surface area contributed by atoms with Crippen molar-refractivity contribution in [1.29, 1.82) is 0 Å². The smallest absolute Gasteiger partial charge is 0.234 e. The molecule has 1 saturated heterocycles. The average molecular weight is 356 g/mol. The number of hydrogen-bond acceptors (Lipinski definition) is 4. The number of aromatic nitrogens is 1. The number of nitrogens with zero attached hydrogens (tertiary/aromatic N) is 3. The van der Waals surface area contributed by atoms with Crippen LogP contribution in [0.3, 0.4) is 0 Å². The van der Waals surface area contributed by atoms with Gasteiger partial charge >= 0.3 is 0 Å². The van der Waals surface area contributed by atoms with Gasteiger partial charge in [0.25, 0.3) is 0 Å². The first kappa shape index (κ1) is 18.5. The predicted octanol–water partition coefficient (Wildman–Crippen LogP) is 2.06. The zero-order valence-electron chi connectivity index (χ0n) is 15.1. The lowest BCUT2D eigenvalue weighted by Crippen LogP contribution is -2.49. The fourth-order valence-corrected chi connectivity index (χ4v) is 3.24. The zero-order chi connectivity index (χ0) is 18.4. The Labute approximate surface area is 153 Å². The van der Waals surface area contributed by atoms with Crippen molar-refractivity contribution in [1.82, 2.24) is 20.1 Å². The van der Waals surface area contributed by atoms with Crippen molar-refractivity contribution in [2.75, 3.05) is 39.3 Å². The van der Waals surface area contributed by atoms with Crippen molar-refractivity contribution < 1.29 is 9.18 Å². The molecule has 1 aromatic carbocycles. The van der Waals surface area contributed by atoms with Gasteiger partial charge in [0.1, 0.15) is 5.82 Å². The third-order valence-electron chi connectivity index (χ3n) is 4.83. The van der Waals surface area contributed by atoms with E-state index in [1.54, 1.807) is 24.5 Å². The summed E-state index contributed by atoms with van der Waals surface area (Å²) in [6.45, 7) is 7.37. The van der Waals surface area contributed by atoms with Crippen LogP contribution in [0.1, 0.15) is 24.1 Å². The van der Waals surface area contributed by atoms with Crippen molar-refractivity contribution >= 4 is 5.91 Å². The number of carbonyl (C=O) groups is 1. The number of benzene rings is 1. The molecule has 138 valence electrons. The van der Waals surface area contributed by atoms with Crippen molar-refractivity contribution in [3.63, 3.8) is 0 Å². The Hall–Kier alpha value is -2.31. The first-order valence-electron chi connectivity index (χ1n) is 9.05. The Kier molecular flexibility index (Phi) is 6.30. The third kappa shape index (κ3) is 4.86. The van der Waals surface area contributed by atoms with Gasteiger partial charge in [0.2, 0.25) is 5.91 Å². The Balaban J connectivity index is 1.68. The van der Waals surface area contributed by atoms with Gasteiger partial charge in [-0.2, -0.15) is 0 Å². The van der Waals surface area contributed by atoms with Gasteiger partial charge in [-0.05, 0) is 41.9 Å². The first-order chi connectivity index (χ1) is 12.7. The monoisotopic (exact) mass is 356 g/mol. The third-order valence-corrected chi connectivity index (χ3v) is 4.83. The number of amides is 1. The molecule has 1 amide bonds. The fraction of sp³-hybridized carbons (Fsp3) is 0.400. The molecule has 1 aromatic heterocycles. The number of halogens is 1. The second-order valence-corrected chi connectivity index (χ2v) is 6.54. The molecule has 0 aliphatic carbocycles. The van der Waals surface area contributed by atoms with Crippen LogP contribution >= 0.6 is 0 Å². The van der Waals surface area contributed by atoms with Crippen LogP contribution in [0.2, 0.25) is 0 Å². The maximum Gasteiger partial charge on any atom is 0.234 e. The predicted molar refractivity (Wildman–Crippen MR) is 99.2 cm³/mol. The van der Waals surface area contributed by atoms with Gasteiger partial charge in [-0.25, -0.2) is 4.39 Å². The Morgan fingerprint density at radius 1 is 1.04 bits per heavy atom. The Bertz CT molecular complexity index is 700. The van der Waals surface area contributed by atoms with Gasteiger partial charge in [-0.15, -0.1) is 0 Å². The minimum absolute atomic E-state index is 0.0268. The molecule has 0 saturated carbocycles. The van der Waals surface area contributed by atoms with E-state index in [0.29, 0.717) is 6.54 Å². The second-order valence-electron chi connectivity index (χ2n) is 6.54. The lowest BCUT2D eigenvalue weighted by atomic mass is 9.99. The summed E-state index contributed by atoms with van der Waals surface area (Å²) in [5.74, 6) is -0.316. The van der Waals surface area contributed by atoms with E-state index in [1.165, 1.54) is 12.1 Å². The Morgan fingerprint density at radius 3 is 2.23 bits per heavy atom. The molecule has 1 aliphatic rings. The van der Waals surface area contributed by atoms with Crippen molar-refractivity contribution in [2.45, 2.75) is 13.0 Å². The Morgan fingerprint density at radius 2 is 1.62 bits per heavy atom. The highest BCUT2D eigenvalue weighted by Crippen LogP contribution is 2.22. The van der Waals surface area contributed by atoms with Crippen LogP contribution in [-0.2, 0) is 4.79 Å². The zero-order valence-corrected chi connectivity index (χ0v) is 15.1. The van der Waals surface area contributed by atoms with Crippen LogP contribution in [-0.4, -0.2) is 60.0 Å². The van der Waals surface area contributed by atoms with Gasteiger partial charge in [0.05, 0.1) is 12.6 Å². The second kappa shape index (κ2) is 8.87. The quantitative estimate of drug-likeness (QED) is 0.861. The van der Waals surface area contributed by atoms with Crippen molar-refractivity contribution in [3.05, 3.63) is 65.7 Å². The van der Waals surface area contributed by atoms with Crippen LogP contribution in [0, 0.1) is 5.82 Å². The minimum atomic E-state index is -0.317. The maximum atomic E-state index is 13.3. The molecule has 3 rings (SSSR count). The molecule has 26 heavy (non-hydrogen) atoms. The van der Waals surface area contributed by atoms with Crippen LogP contribution in [0.25, 0.3) is 0 Å². The summed E-state index contributed by atoms with van der Waals surface area (Å²) in [5.41, 5.74) is 1.78. The summed E-state index contributed by atoms with van der Waals surface area (Å²) in [5, 5.41) is 3.10. The number of likely N-dealkylation sites (N-methyl/N-ethyl adjacent to an activating group) is 1. The summed E-state index contributed by atoms with van der Waals surface area (Å²) in [7, 11) is 0. The van der Waals surface area contributed by atoms with E-state index >= 15 is 0 Å². The number of nitrogens with one attached hydrogen (secondary N) is 1. The van der Waals surface area contributed by atoms with Crippen LogP contribution in [0.5, 0.6) is 0 Å². The van der Waals surface area contributed by atoms with Crippen LogP contribution in [0.15, 0.2) is 48.8 Å². The van der Waals surface area contributed by atoms with Gasteiger partial charge in [-0.1, -0.05) is 19.1 Å². The van der Waals surface area contributed by atoms with Crippen LogP contribution < -0.4 is 5.32 Å². The molecular formula is C20H25FN4O. The highest BCUT2D eigenvalue weighted by atomic mass is 19.1. The molecule has 1 aliphatic heterocycles. The van der Waals surface area contributed by atoms with Gasteiger partial charge in [0.15, 0.2) is 0 Å². The molecule has 2 aromatic rings. The summed E-state index contributed by atoms with van der Waals surface area (Å²) in [4.78, 5) is 21.2. The normalized spacial score (nSPS) is 17.0. The molecule has 1 fully saturated rings. The first-order valence-corrected chi connectivity index (χ1v) is 9.05. The summed E-state index contributed by atoms with van der Waals surface area (Å²) >= 11 is 0. The summed E-state index contributed by atoms with van der Waals surface area (Å²) in [6, 6.07) is 9.67. The molecule has 6 heteroatoms. The highest BCUT2D eigenvalue weighted by Gasteiger charge is 2.21. The van der Waals surface area contributed by atoms with Crippen molar-refractivity contribution in [2.24, 2.45) is 0 Å². The molecule has 1 atom stereocenters. The molecule has 0 radical (unpaired) electrons. The van der Waals surface area contributed by atoms with E-state index in [-0.39, 0.29) is 17.8 Å². The van der Waals surface area contributed by atoms with E-state index < -0.39 is 0 Å². The van der Waals surface area contributed by atoms with Gasteiger partial charge in [-0.3, -0.25) is 14.7 Å². The van der Waals surface area contributed by atoms with E-state index in [4.69, 9.17) is 0 Å². The molecule has 5 nitrogen and oxygen atoms in total. The summed E-state index contributed by atoms with van der Waals surface area (Å²) in [6.07, 6.45) is 3.39. The lowest BCUT2D eigenvalue weighted by Gasteiger charge is -2.33. The summed E-state index contributed by atoms with van der Waals surface area (Å²) < 4.78 is 13.3. The number of piperazine rings is 1. The molecule has 0 unspecified atom stereocenters. The number of hydrogen-bond donors (Lipinski definition) is 1. The fourth-order valence-electron chi connectivity index (χ4n) is 3.24. The number of pyridine rings is 1. The standard InChI is InChI=1S/C20H25FN4O/c1-2-24-11-13-25(14-12-24)15-19(26)23-20(17-7-9-22-10-8-17)16-3-5-18(21)6-4-16/h3-10,20H,2,11-15H2,1H3,(H,23,26)/t20-/m0/s1. The van der Waals surface area contributed by atoms with E-state index in [1.807, 2.05) is 12.1 Å². The SMILES string of the molecule is CCN1CCN(CC(=O)N[C@H](c2ccncc2)c2ccc(F)cc2)CC1. The topological polar surface area (TPSA) is 48.5 Å². The van der Waals surface area contributed by atoms with Crippen molar-refractivity contribution in [3.8, 4) is 0 Å². The minimum Gasteiger partial charge on any atom is -0.344 e. The number of carbonyl (C=O) groups excluding carboxylic acids is 1. The molecule has 0 bridgehead atoms. The maximum absolute atomic E-state index is 13.3. The highest BCUT2D eigenvalue weighted by molar-refractivity contribution is 5.79. The molecule has 0 spiro atoms. The lowest BCUT2D eigenvalue weighted by molar-refractivity contribution is -0.123. The van der Waals surface area contributed by atoms with E-state index in [9.17, 15) is 9.18 Å². The largest absolute Gasteiger partial charge is 0.344 e. The van der Waals surface area contributed by atoms with Gasteiger partial charge in [0, 0.05) is 38.6 Å². The average Bonchev–Trinajstić information content (AvgIpc) is 2.68. The molecule has 1 N–H and O–H groups in total. The number of rotatable bonds is 6.